The van der Waals surface area contributed by atoms with Crippen LogP contribution in [0, 0.1) is 5.92 Å². The quantitative estimate of drug-likeness (QED) is 0.745. The van der Waals surface area contributed by atoms with E-state index in [0.29, 0.717) is 25.2 Å². The first-order valence-corrected chi connectivity index (χ1v) is 10.7. The molecule has 2 heterocycles. The van der Waals surface area contributed by atoms with Crippen molar-refractivity contribution in [2.75, 3.05) is 27.2 Å². The fourth-order valence-corrected chi connectivity index (χ4v) is 4.62. The van der Waals surface area contributed by atoms with Crippen LogP contribution in [-0.2, 0) is 30.2 Å². The number of aromatic nitrogens is 2. The van der Waals surface area contributed by atoms with Crippen molar-refractivity contribution in [1.82, 2.24) is 23.7 Å². The topological polar surface area (TPSA) is 87.5 Å². The number of benzene rings is 1. The summed E-state index contributed by atoms with van der Waals surface area (Å²) in [5, 5.41) is 6.99. The van der Waals surface area contributed by atoms with Gasteiger partial charge in [0.15, 0.2) is 0 Å². The van der Waals surface area contributed by atoms with Gasteiger partial charge in [-0.15, -0.1) is 0 Å². The lowest BCUT2D eigenvalue weighted by atomic mass is 9.97. The zero-order valence-electron chi connectivity index (χ0n) is 16.5. The van der Waals surface area contributed by atoms with Gasteiger partial charge in [0.25, 0.3) is 16.1 Å². The van der Waals surface area contributed by atoms with Gasteiger partial charge in [-0.2, -0.15) is 22.1 Å². The SMILES string of the molecule is CN(C)S(=O)(=O)N1CCC(Cc2cccc(C(=O)NCc3cnn(C)c3)c2)C1. The monoisotopic (exact) mass is 405 g/mol. The van der Waals surface area contributed by atoms with E-state index in [2.05, 4.69) is 10.4 Å². The zero-order valence-corrected chi connectivity index (χ0v) is 17.3. The molecule has 1 atom stereocenters. The molecule has 1 saturated heterocycles. The normalized spacial score (nSPS) is 17.9. The first-order chi connectivity index (χ1) is 13.3. The second-order valence-corrected chi connectivity index (χ2v) is 9.55. The summed E-state index contributed by atoms with van der Waals surface area (Å²) in [6.07, 6.45) is 5.17. The number of carbonyl (C=O) groups excluding carboxylic acids is 1. The standard InChI is InChI=1S/C19H27N5O3S/c1-22(2)28(26,27)24-8-7-16(14-24)9-15-5-4-6-18(10-15)19(25)20-11-17-12-21-23(3)13-17/h4-6,10,12-13,16H,7-9,11,14H2,1-3H3,(H,20,25). The highest BCUT2D eigenvalue weighted by Gasteiger charge is 2.32. The smallest absolute Gasteiger partial charge is 0.281 e. The molecule has 152 valence electrons. The van der Waals surface area contributed by atoms with Crippen LogP contribution in [0.25, 0.3) is 0 Å². The van der Waals surface area contributed by atoms with Crippen molar-refractivity contribution in [3.63, 3.8) is 0 Å². The molecule has 1 aliphatic heterocycles. The molecule has 1 unspecified atom stereocenters. The Morgan fingerprint density at radius 1 is 1.32 bits per heavy atom. The Morgan fingerprint density at radius 2 is 2.11 bits per heavy atom. The predicted molar refractivity (Wildman–Crippen MR) is 107 cm³/mol. The molecular weight excluding hydrogens is 378 g/mol. The number of nitrogens with zero attached hydrogens (tertiary/aromatic N) is 4. The van der Waals surface area contributed by atoms with Gasteiger partial charge in [-0.1, -0.05) is 12.1 Å². The van der Waals surface area contributed by atoms with E-state index >= 15 is 0 Å². The average Bonchev–Trinajstić information content (AvgIpc) is 3.29. The number of nitrogens with one attached hydrogen (secondary N) is 1. The highest BCUT2D eigenvalue weighted by molar-refractivity contribution is 7.86. The Hall–Kier alpha value is -2.23. The molecule has 9 heteroatoms. The van der Waals surface area contributed by atoms with Gasteiger partial charge in [0.2, 0.25) is 0 Å². The molecular formula is C19H27N5O3S. The summed E-state index contributed by atoms with van der Waals surface area (Å²) < 4.78 is 29.0. The molecule has 0 bridgehead atoms. The van der Waals surface area contributed by atoms with Gasteiger partial charge in [-0.25, -0.2) is 0 Å². The number of amides is 1. The zero-order chi connectivity index (χ0) is 20.3. The van der Waals surface area contributed by atoms with Gasteiger partial charge >= 0.3 is 0 Å². The van der Waals surface area contributed by atoms with E-state index in [4.69, 9.17) is 0 Å². The van der Waals surface area contributed by atoms with Crippen LogP contribution in [0.1, 0.15) is 27.9 Å². The highest BCUT2D eigenvalue weighted by Crippen LogP contribution is 2.24. The van der Waals surface area contributed by atoms with E-state index < -0.39 is 10.2 Å². The molecule has 2 aromatic rings. The van der Waals surface area contributed by atoms with E-state index in [1.54, 1.807) is 31.0 Å². The molecule has 1 aromatic heterocycles. The molecule has 3 rings (SSSR count). The minimum atomic E-state index is -3.36. The summed E-state index contributed by atoms with van der Waals surface area (Å²) in [5.41, 5.74) is 2.60. The van der Waals surface area contributed by atoms with Crippen molar-refractivity contribution in [1.29, 1.82) is 0 Å². The summed E-state index contributed by atoms with van der Waals surface area (Å²) in [5.74, 6) is 0.123. The Morgan fingerprint density at radius 3 is 2.79 bits per heavy atom. The lowest BCUT2D eigenvalue weighted by Crippen LogP contribution is -2.38. The third-order valence-electron chi connectivity index (χ3n) is 4.96. The molecule has 1 fully saturated rings. The van der Waals surface area contributed by atoms with Crippen LogP contribution in [0.2, 0.25) is 0 Å². The third kappa shape index (κ3) is 4.78. The maximum Gasteiger partial charge on any atom is 0.281 e. The minimum absolute atomic E-state index is 0.131. The van der Waals surface area contributed by atoms with E-state index in [0.717, 1.165) is 24.0 Å². The Balaban J connectivity index is 1.58. The Labute approximate surface area is 166 Å². The summed E-state index contributed by atoms with van der Waals surface area (Å²) in [7, 11) is 1.58. The van der Waals surface area contributed by atoms with Crippen LogP contribution in [0.3, 0.4) is 0 Å². The molecule has 1 aliphatic rings. The number of rotatable bonds is 7. The largest absolute Gasteiger partial charge is 0.348 e. The maximum absolute atomic E-state index is 12.4. The van der Waals surface area contributed by atoms with Gasteiger partial charge in [0, 0.05) is 58.1 Å². The Bertz CT molecular complexity index is 939. The first-order valence-electron chi connectivity index (χ1n) is 9.28. The minimum Gasteiger partial charge on any atom is -0.348 e. The number of aryl methyl sites for hydroxylation is 1. The molecule has 1 aromatic carbocycles. The van der Waals surface area contributed by atoms with E-state index in [1.807, 2.05) is 31.4 Å². The number of carbonyl (C=O) groups is 1. The Kier molecular flexibility index (Phi) is 6.17. The lowest BCUT2D eigenvalue weighted by Gasteiger charge is -2.20. The first kappa shape index (κ1) is 20.5. The molecule has 8 nitrogen and oxygen atoms in total. The van der Waals surface area contributed by atoms with Crippen LogP contribution in [0.5, 0.6) is 0 Å². The van der Waals surface area contributed by atoms with Gasteiger partial charge in [0.1, 0.15) is 0 Å². The molecule has 0 spiro atoms. The van der Waals surface area contributed by atoms with E-state index in [1.165, 1.54) is 8.61 Å². The maximum atomic E-state index is 12.4. The van der Waals surface area contributed by atoms with Crippen LogP contribution >= 0.6 is 0 Å². The molecule has 0 aliphatic carbocycles. The fourth-order valence-electron chi connectivity index (χ4n) is 3.42. The molecule has 1 amide bonds. The van der Waals surface area contributed by atoms with E-state index in [-0.39, 0.29) is 11.8 Å². The highest BCUT2D eigenvalue weighted by atomic mass is 32.2. The van der Waals surface area contributed by atoms with Crippen LogP contribution in [0.15, 0.2) is 36.7 Å². The van der Waals surface area contributed by atoms with Crippen molar-refractivity contribution in [3.05, 3.63) is 53.3 Å². The summed E-state index contributed by atoms with van der Waals surface area (Å²) in [6, 6.07) is 7.54. The van der Waals surface area contributed by atoms with Crippen LogP contribution < -0.4 is 5.32 Å². The summed E-state index contributed by atoms with van der Waals surface area (Å²) in [6.45, 7) is 1.48. The third-order valence-corrected chi connectivity index (χ3v) is 6.87. The second kappa shape index (κ2) is 8.42. The van der Waals surface area contributed by atoms with Gasteiger partial charge in [0.05, 0.1) is 6.20 Å². The van der Waals surface area contributed by atoms with Crippen LogP contribution in [-0.4, -0.2) is 59.9 Å². The average molecular weight is 406 g/mol. The summed E-state index contributed by atoms with van der Waals surface area (Å²) >= 11 is 0. The lowest BCUT2D eigenvalue weighted by molar-refractivity contribution is 0.0950. The van der Waals surface area contributed by atoms with Crippen molar-refractivity contribution in [2.24, 2.45) is 13.0 Å². The van der Waals surface area contributed by atoms with Gasteiger partial charge < -0.3 is 5.32 Å². The molecule has 0 radical (unpaired) electrons. The van der Waals surface area contributed by atoms with Crippen molar-refractivity contribution in [3.8, 4) is 0 Å². The van der Waals surface area contributed by atoms with Gasteiger partial charge in [-0.05, 0) is 36.5 Å². The molecule has 28 heavy (non-hydrogen) atoms. The van der Waals surface area contributed by atoms with Crippen molar-refractivity contribution >= 4 is 16.1 Å². The predicted octanol–water partition coefficient (Wildman–Crippen LogP) is 1.02. The van der Waals surface area contributed by atoms with Crippen molar-refractivity contribution < 1.29 is 13.2 Å². The second-order valence-electron chi connectivity index (χ2n) is 7.41. The summed E-state index contributed by atoms with van der Waals surface area (Å²) in [4.78, 5) is 12.4. The van der Waals surface area contributed by atoms with E-state index in [9.17, 15) is 13.2 Å². The fraction of sp³-hybridized carbons (Fsp3) is 0.474. The van der Waals surface area contributed by atoms with Crippen LogP contribution in [0.4, 0.5) is 0 Å². The molecule has 1 N–H and O–H groups in total. The number of hydrogen-bond donors (Lipinski definition) is 1. The van der Waals surface area contributed by atoms with Gasteiger partial charge in [-0.3, -0.25) is 9.48 Å². The van der Waals surface area contributed by atoms with Crippen molar-refractivity contribution in [2.45, 2.75) is 19.4 Å². The molecule has 0 saturated carbocycles. The number of hydrogen-bond acceptors (Lipinski definition) is 4.